The van der Waals surface area contributed by atoms with Gasteiger partial charge < -0.3 is 14.6 Å². The maximum absolute atomic E-state index is 10.4. The summed E-state index contributed by atoms with van der Waals surface area (Å²) in [5.41, 5.74) is 1.02. The molecule has 24 heavy (non-hydrogen) atoms. The molecule has 2 heterocycles. The van der Waals surface area contributed by atoms with Crippen LogP contribution in [0.3, 0.4) is 0 Å². The SMILES string of the molecule is COc1ncccc1CN1CC[C@@H](Oc2ccc(Cl)cc2)[C@H](O)C1. The van der Waals surface area contributed by atoms with Crippen molar-refractivity contribution in [1.29, 1.82) is 0 Å². The second-order valence-corrected chi connectivity index (χ2v) is 6.31. The molecule has 0 saturated carbocycles. The van der Waals surface area contributed by atoms with Gasteiger partial charge in [0, 0.05) is 36.4 Å². The van der Waals surface area contributed by atoms with Gasteiger partial charge in [-0.3, -0.25) is 4.90 Å². The Kier molecular flexibility index (Phi) is 5.56. The molecule has 1 aliphatic heterocycles. The fourth-order valence-electron chi connectivity index (χ4n) is 2.91. The average Bonchev–Trinajstić information content (AvgIpc) is 2.60. The van der Waals surface area contributed by atoms with Crippen molar-refractivity contribution >= 4 is 11.6 Å². The summed E-state index contributed by atoms with van der Waals surface area (Å²) in [6, 6.07) is 11.1. The number of aliphatic hydroxyl groups excluding tert-OH is 1. The Morgan fingerprint density at radius 1 is 1.29 bits per heavy atom. The van der Waals surface area contributed by atoms with Gasteiger partial charge in [-0.05, 0) is 36.8 Å². The number of ether oxygens (including phenoxy) is 2. The molecule has 1 N–H and O–H groups in total. The van der Waals surface area contributed by atoms with Gasteiger partial charge in [0.15, 0.2) is 0 Å². The number of aliphatic hydroxyl groups is 1. The molecule has 1 aromatic carbocycles. The van der Waals surface area contributed by atoms with E-state index < -0.39 is 6.10 Å². The van der Waals surface area contributed by atoms with Crippen LogP contribution < -0.4 is 9.47 Å². The molecule has 0 bridgehead atoms. The third kappa shape index (κ3) is 4.17. The molecule has 0 unspecified atom stereocenters. The van der Waals surface area contributed by atoms with Gasteiger partial charge in [0.05, 0.1) is 7.11 Å². The molecule has 1 aromatic heterocycles. The third-order valence-corrected chi connectivity index (χ3v) is 4.39. The van der Waals surface area contributed by atoms with Crippen molar-refractivity contribution in [1.82, 2.24) is 9.88 Å². The lowest BCUT2D eigenvalue weighted by Crippen LogP contribution is -2.48. The molecule has 3 rings (SSSR count). The first-order valence-electron chi connectivity index (χ1n) is 7.96. The van der Waals surface area contributed by atoms with Crippen LogP contribution in [0, 0.1) is 0 Å². The summed E-state index contributed by atoms with van der Waals surface area (Å²) in [7, 11) is 1.62. The molecule has 0 amide bonds. The molecule has 0 spiro atoms. The molecule has 0 aliphatic carbocycles. The zero-order valence-electron chi connectivity index (χ0n) is 13.6. The van der Waals surface area contributed by atoms with Crippen molar-refractivity contribution in [2.24, 2.45) is 0 Å². The zero-order chi connectivity index (χ0) is 16.9. The molecule has 1 fully saturated rings. The number of benzene rings is 1. The van der Waals surface area contributed by atoms with E-state index in [0.29, 0.717) is 24.0 Å². The largest absolute Gasteiger partial charge is 0.488 e. The molecule has 128 valence electrons. The second-order valence-electron chi connectivity index (χ2n) is 5.87. The Labute approximate surface area is 146 Å². The van der Waals surface area contributed by atoms with Gasteiger partial charge in [0.2, 0.25) is 5.88 Å². The predicted molar refractivity (Wildman–Crippen MR) is 92.6 cm³/mol. The van der Waals surface area contributed by atoms with Gasteiger partial charge >= 0.3 is 0 Å². The molecule has 0 radical (unpaired) electrons. The Balaban J connectivity index is 1.57. The number of pyridine rings is 1. The highest BCUT2D eigenvalue weighted by molar-refractivity contribution is 6.30. The first-order chi connectivity index (χ1) is 11.7. The van der Waals surface area contributed by atoms with Gasteiger partial charge in [-0.1, -0.05) is 17.7 Å². The Morgan fingerprint density at radius 2 is 2.08 bits per heavy atom. The number of likely N-dealkylation sites (tertiary alicyclic amines) is 1. The molecule has 2 atom stereocenters. The Morgan fingerprint density at radius 3 is 2.79 bits per heavy atom. The minimum atomic E-state index is -0.544. The van der Waals surface area contributed by atoms with E-state index in [1.54, 1.807) is 25.4 Å². The van der Waals surface area contributed by atoms with Crippen LogP contribution in [-0.2, 0) is 6.54 Å². The molecule has 5 nitrogen and oxygen atoms in total. The lowest BCUT2D eigenvalue weighted by molar-refractivity contribution is -0.0276. The van der Waals surface area contributed by atoms with Gasteiger partial charge in [0.1, 0.15) is 18.0 Å². The van der Waals surface area contributed by atoms with Crippen LogP contribution in [0.15, 0.2) is 42.6 Å². The number of rotatable bonds is 5. The van der Waals surface area contributed by atoms with Gasteiger partial charge in [-0.15, -0.1) is 0 Å². The van der Waals surface area contributed by atoms with Crippen LogP contribution >= 0.6 is 11.6 Å². The van der Waals surface area contributed by atoms with Crippen molar-refractivity contribution in [2.75, 3.05) is 20.2 Å². The van der Waals surface area contributed by atoms with Crippen LogP contribution in [0.5, 0.6) is 11.6 Å². The number of hydrogen-bond donors (Lipinski definition) is 1. The summed E-state index contributed by atoms with van der Waals surface area (Å²) in [6.07, 6.45) is 1.71. The average molecular weight is 349 g/mol. The standard InChI is InChI=1S/C18H21ClN2O3/c1-23-18-13(3-2-9-20-18)11-21-10-8-17(16(22)12-21)24-15-6-4-14(19)5-7-15/h2-7,9,16-17,22H,8,10-12H2,1H3/t16-,17-/m1/s1. The highest BCUT2D eigenvalue weighted by Crippen LogP contribution is 2.23. The Hall–Kier alpha value is -1.82. The minimum Gasteiger partial charge on any atom is -0.488 e. The lowest BCUT2D eigenvalue weighted by Gasteiger charge is -2.36. The third-order valence-electron chi connectivity index (χ3n) is 4.14. The van der Waals surface area contributed by atoms with Gasteiger partial charge in [-0.25, -0.2) is 4.98 Å². The summed E-state index contributed by atoms with van der Waals surface area (Å²) in [5, 5.41) is 11.1. The second kappa shape index (κ2) is 7.83. The van der Waals surface area contributed by atoms with Gasteiger partial charge in [0.25, 0.3) is 0 Å². The van der Waals surface area contributed by atoms with Crippen molar-refractivity contribution in [2.45, 2.75) is 25.2 Å². The quantitative estimate of drug-likeness (QED) is 0.900. The number of β-amino-alcohol motifs (C(OH)–C–C–N with tert-alkyl or cyclic N) is 1. The summed E-state index contributed by atoms with van der Waals surface area (Å²) >= 11 is 5.88. The number of piperidine rings is 1. The van der Waals surface area contributed by atoms with E-state index >= 15 is 0 Å². The normalized spacial score (nSPS) is 21.5. The summed E-state index contributed by atoms with van der Waals surface area (Å²) < 4.78 is 11.2. The van der Waals surface area contributed by atoms with Crippen LogP contribution in [0.25, 0.3) is 0 Å². The van der Waals surface area contributed by atoms with E-state index in [1.807, 2.05) is 24.3 Å². The number of nitrogens with zero attached hydrogens (tertiary/aromatic N) is 2. The molecule has 1 saturated heterocycles. The zero-order valence-corrected chi connectivity index (χ0v) is 14.3. The lowest BCUT2D eigenvalue weighted by atomic mass is 10.0. The highest BCUT2D eigenvalue weighted by atomic mass is 35.5. The molecule has 6 heteroatoms. The maximum Gasteiger partial charge on any atom is 0.217 e. The monoisotopic (exact) mass is 348 g/mol. The first-order valence-corrected chi connectivity index (χ1v) is 8.34. The predicted octanol–water partition coefficient (Wildman–Crippen LogP) is 2.76. The van der Waals surface area contributed by atoms with E-state index in [-0.39, 0.29) is 6.10 Å². The number of methoxy groups -OCH3 is 1. The molecular weight excluding hydrogens is 328 g/mol. The Bertz CT molecular complexity index is 666. The minimum absolute atomic E-state index is 0.210. The number of aromatic nitrogens is 1. The van der Waals surface area contributed by atoms with Crippen LogP contribution in [0.2, 0.25) is 5.02 Å². The van der Waals surface area contributed by atoms with Crippen molar-refractivity contribution in [3.05, 3.63) is 53.2 Å². The first kappa shape index (κ1) is 17.0. The number of hydrogen-bond acceptors (Lipinski definition) is 5. The van der Waals surface area contributed by atoms with E-state index in [9.17, 15) is 5.11 Å². The van der Waals surface area contributed by atoms with E-state index in [0.717, 1.165) is 24.3 Å². The van der Waals surface area contributed by atoms with Crippen molar-refractivity contribution in [3.8, 4) is 11.6 Å². The molecule has 1 aliphatic rings. The smallest absolute Gasteiger partial charge is 0.217 e. The molecule has 2 aromatic rings. The van der Waals surface area contributed by atoms with E-state index in [2.05, 4.69) is 9.88 Å². The van der Waals surface area contributed by atoms with Crippen LogP contribution in [0.1, 0.15) is 12.0 Å². The highest BCUT2D eigenvalue weighted by Gasteiger charge is 2.29. The maximum atomic E-state index is 10.4. The van der Waals surface area contributed by atoms with Crippen molar-refractivity contribution < 1.29 is 14.6 Å². The van der Waals surface area contributed by atoms with E-state index in [4.69, 9.17) is 21.1 Å². The van der Waals surface area contributed by atoms with Gasteiger partial charge in [-0.2, -0.15) is 0 Å². The van der Waals surface area contributed by atoms with Crippen LogP contribution in [0.4, 0.5) is 0 Å². The summed E-state index contributed by atoms with van der Waals surface area (Å²) in [4.78, 5) is 6.40. The fourth-order valence-corrected chi connectivity index (χ4v) is 3.04. The summed E-state index contributed by atoms with van der Waals surface area (Å²) in [6.45, 7) is 2.09. The molecular formula is C18H21ClN2O3. The van der Waals surface area contributed by atoms with Crippen LogP contribution in [-0.4, -0.2) is 47.4 Å². The summed E-state index contributed by atoms with van der Waals surface area (Å²) in [5.74, 6) is 1.36. The van der Waals surface area contributed by atoms with Crippen molar-refractivity contribution in [3.63, 3.8) is 0 Å². The number of halogens is 1. The van der Waals surface area contributed by atoms with E-state index in [1.165, 1.54) is 0 Å². The fraction of sp³-hybridized carbons (Fsp3) is 0.389. The topological polar surface area (TPSA) is 54.8 Å².